The minimum Gasteiger partial charge on any atom is -0.298 e. The number of benzene rings is 1. The number of hydrogen-bond acceptors (Lipinski definition) is 3. The zero-order chi connectivity index (χ0) is 10.9. The number of nitrogens with zero attached hydrogens (tertiary/aromatic N) is 1. The molecule has 0 fully saturated rings. The third-order valence-electron chi connectivity index (χ3n) is 1.48. The van der Waals surface area contributed by atoms with E-state index in [-0.39, 0.29) is 20.1 Å². The number of carbonyl (C=O) groups excluding carboxylic acids is 1. The Bertz CT molecular complexity index is 422. The molecule has 14 heavy (non-hydrogen) atoms. The molecule has 0 heterocycles. The van der Waals surface area contributed by atoms with Gasteiger partial charge in [0.25, 0.3) is 5.69 Å². The number of aldehydes is 1. The molecule has 1 aromatic rings. The van der Waals surface area contributed by atoms with Gasteiger partial charge in [-0.3, -0.25) is 14.9 Å². The maximum absolute atomic E-state index is 10.6. The standard InChI is InChI=1S/C7H2BrCl2NO3/c8-6-3(2-12)7(11(13)14)5(10)1-4(6)9/h1-2H. The van der Waals surface area contributed by atoms with E-state index in [0.29, 0.717) is 6.29 Å². The lowest BCUT2D eigenvalue weighted by Gasteiger charge is -2.02. The second-order valence-corrected chi connectivity index (χ2v) is 3.90. The second-order valence-electron chi connectivity index (χ2n) is 2.29. The number of hydrogen-bond donors (Lipinski definition) is 0. The van der Waals surface area contributed by atoms with Crippen LogP contribution in [-0.2, 0) is 0 Å². The molecule has 0 aliphatic carbocycles. The molecule has 1 aromatic carbocycles. The monoisotopic (exact) mass is 297 g/mol. The van der Waals surface area contributed by atoms with Gasteiger partial charge in [0.05, 0.1) is 14.4 Å². The fourth-order valence-electron chi connectivity index (χ4n) is 0.897. The minimum absolute atomic E-state index is 0.155. The van der Waals surface area contributed by atoms with Crippen molar-refractivity contribution in [2.45, 2.75) is 0 Å². The maximum Gasteiger partial charge on any atom is 0.299 e. The average molecular weight is 299 g/mol. The van der Waals surface area contributed by atoms with Gasteiger partial charge < -0.3 is 0 Å². The van der Waals surface area contributed by atoms with E-state index in [2.05, 4.69) is 15.9 Å². The largest absolute Gasteiger partial charge is 0.299 e. The van der Waals surface area contributed by atoms with E-state index >= 15 is 0 Å². The highest BCUT2D eigenvalue weighted by molar-refractivity contribution is 9.10. The number of carbonyl (C=O) groups is 1. The summed E-state index contributed by atoms with van der Waals surface area (Å²) in [6.45, 7) is 0. The first-order valence-corrected chi connectivity index (χ1v) is 4.81. The third kappa shape index (κ3) is 1.89. The molecule has 0 saturated carbocycles. The van der Waals surface area contributed by atoms with Gasteiger partial charge in [-0.15, -0.1) is 0 Å². The fraction of sp³-hybridized carbons (Fsp3) is 0. The Kier molecular flexibility index (Phi) is 3.47. The molecule has 0 amide bonds. The molecule has 7 heteroatoms. The van der Waals surface area contributed by atoms with Crippen molar-refractivity contribution in [1.29, 1.82) is 0 Å². The van der Waals surface area contributed by atoms with E-state index in [1.165, 1.54) is 6.07 Å². The van der Waals surface area contributed by atoms with Crippen LogP contribution in [0.2, 0.25) is 10.0 Å². The lowest BCUT2D eigenvalue weighted by Crippen LogP contribution is -1.97. The lowest BCUT2D eigenvalue weighted by molar-refractivity contribution is -0.385. The van der Waals surface area contributed by atoms with Crippen molar-refractivity contribution in [3.05, 3.63) is 36.3 Å². The number of halogens is 3. The van der Waals surface area contributed by atoms with Crippen molar-refractivity contribution in [1.82, 2.24) is 0 Å². The molecule has 0 saturated heterocycles. The third-order valence-corrected chi connectivity index (χ3v) is 3.15. The molecule has 0 aliphatic rings. The number of nitro benzene ring substituents is 1. The Labute approximate surface area is 97.1 Å². The Morgan fingerprint density at radius 2 is 2.00 bits per heavy atom. The predicted octanol–water partition coefficient (Wildman–Crippen LogP) is 3.48. The van der Waals surface area contributed by atoms with Crippen LogP contribution < -0.4 is 0 Å². The Morgan fingerprint density at radius 3 is 2.43 bits per heavy atom. The average Bonchev–Trinajstić information content (AvgIpc) is 2.09. The summed E-state index contributed by atoms with van der Waals surface area (Å²) in [7, 11) is 0. The number of nitro groups is 1. The lowest BCUT2D eigenvalue weighted by atomic mass is 10.2. The molecule has 0 spiro atoms. The van der Waals surface area contributed by atoms with Crippen LogP contribution >= 0.6 is 39.1 Å². The van der Waals surface area contributed by atoms with Gasteiger partial charge in [0.2, 0.25) is 0 Å². The van der Waals surface area contributed by atoms with Gasteiger partial charge in [-0.05, 0) is 22.0 Å². The van der Waals surface area contributed by atoms with Gasteiger partial charge in [-0.1, -0.05) is 23.2 Å². The van der Waals surface area contributed by atoms with Crippen molar-refractivity contribution >= 4 is 51.1 Å². The summed E-state index contributed by atoms with van der Waals surface area (Å²) in [5, 5.41) is 10.6. The maximum atomic E-state index is 10.6. The first kappa shape index (κ1) is 11.4. The molecule has 0 N–H and O–H groups in total. The Balaban J connectivity index is 3.63. The summed E-state index contributed by atoms with van der Waals surface area (Å²) in [5.74, 6) is 0. The topological polar surface area (TPSA) is 60.2 Å². The highest BCUT2D eigenvalue weighted by Crippen LogP contribution is 2.37. The summed E-state index contributed by atoms with van der Waals surface area (Å²) in [6, 6.07) is 1.21. The smallest absolute Gasteiger partial charge is 0.298 e. The normalized spacial score (nSPS) is 9.93. The number of rotatable bonds is 2. The molecular formula is C7H2BrCl2NO3. The van der Waals surface area contributed by atoms with Crippen LogP contribution in [0.3, 0.4) is 0 Å². The molecule has 0 radical (unpaired) electrons. The molecule has 4 nitrogen and oxygen atoms in total. The highest BCUT2D eigenvalue weighted by atomic mass is 79.9. The van der Waals surface area contributed by atoms with E-state index in [1.807, 2.05) is 0 Å². The van der Waals surface area contributed by atoms with Gasteiger partial charge in [-0.25, -0.2) is 0 Å². The quantitative estimate of drug-likeness (QED) is 0.363. The van der Waals surface area contributed by atoms with Gasteiger partial charge in [-0.2, -0.15) is 0 Å². The molecule has 0 bridgehead atoms. The Hall–Kier alpha value is -0.650. The van der Waals surface area contributed by atoms with Crippen molar-refractivity contribution in [2.24, 2.45) is 0 Å². The highest BCUT2D eigenvalue weighted by Gasteiger charge is 2.23. The summed E-state index contributed by atoms with van der Waals surface area (Å²) in [5.41, 5.74) is -0.606. The van der Waals surface area contributed by atoms with E-state index in [9.17, 15) is 14.9 Å². The summed E-state index contributed by atoms with van der Waals surface area (Å²) >= 11 is 14.2. The summed E-state index contributed by atoms with van der Waals surface area (Å²) in [6.07, 6.45) is 0.333. The molecular weight excluding hydrogens is 297 g/mol. The van der Waals surface area contributed by atoms with Gasteiger partial charge in [0.15, 0.2) is 6.29 Å². The molecule has 0 atom stereocenters. The zero-order valence-electron chi connectivity index (χ0n) is 6.46. The van der Waals surface area contributed by atoms with Gasteiger partial charge in [0.1, 0.15) is 10.6 Å². The van der Waals surface area contributed by atoms with Crippen LogP contribution in [0.4, 0.5) is 5.69 Å². The van der Waals surface area contributed by atoms with Crippen LogP contribution in [-0.4, -0.2) is 11.2 Å². The van der Waals surface area contributed by atoms with E-state index < -0.39 is 10.6 Å². The fourth-order valence-corrected chi connectivity index (χ4v) is 1.84. The van der Waals surface area contributed by atoms with Crippen LogP contribution in [0.1, 0.15) is 10.4 Å². The van der Waals surface area contributed by atoms with Crippen molar-refractivity contribution < 1.29 is 9.72 Å². The van der Waals surface area contributed by atoms with E-state index in [1.54, 1.807) is 0 Å². The second kappa shape index (κ2) is 4.25. The summed E-state index contributed by atoms with van der Waals surface area (Å²) < 4.78 is 0.172. The molecule has 1 rings (SSSR count). The van der Waals surface area contributed by atoms with E-state index in [4.69, 9.17) is 23.2 Å². The van der Waals surface area contributed by atoms with Crippen molar-refractivity contribution in [2.75, 3.05) is 0 Å². The SMILES string of the molecule is O=Cc1c(Br)c(Cl)cc(Cl)c1[N+](=O)[O-]. The van der Waals surface area contributed by atoms with Crippen LogP contribution in [0.15, 0.2) is 10.5 Å². The van der Waals surface area contributed by atoms with Crippen LogP contribution in [0, 0.1) is 10.1 Å². The van der Waals surface area contributed by atoms with Gasteiger partial charge in [0, 0.05) is 0 Å². The van der Waals surface area contributed by atoms with Crippen LogP contribution in [0.5, 0.6) is 0 Å². The molecule has 0 aromatic heterocycles. The predicted molar refractivity (Wildman–Crippen MR) is 56.2 cm³/mol. The van der Waals surface area contributed by atoms with Crippen LogP contribution in [0.25, 0.3) is 0 Å². The summed E-state index contributed by atoms with van der Waals surface area (Å²) in [4.78, 5) is 20.4. The van der Waals surface area contributed by atoms with Crippen molar-refractivity contribution in [3.8, 4) is 0 Å². The van der Waals surface area contributed by atoms with Gasteiger partial charge >= 0.3 is 0 Å². The first-order chi connectivity index (χ1) is 6.49. The molecule has 74 valence electrons. The first-order valence-electron chi connectivity index (χ1n) is 3.26. The Morgan fingerprint density at radius 1 is 1.43 bits per heavy atom. The van der Waals surface area contributed by atoms with Crippen molar-refractivity contribution in [3.63, 3.8) is 0 Å². The zero-order valence-corrected chi connectivity index (χ0v) is 9.56. The molecule has 0 aliphatic heterocycles. The minimum atomic E-state index is -0.729. The van der Waals surface area contributed by atoms with E-state index in [0.717, 1.165) is 0 Å². The molecule has 0 unspecified atom stereocenters.